The first-order chi connectivity index (χ1) is 21.4. The monoisotopic (exact) mass is 598 g/mol. The summed E-state index contributed by atoms with van der Waals surface area (Å²) in [6, 6.07) is 25.3. The number of hydrogen-bond donors (Lipinski definition) is 4. The second-order valence-electron chi connectivity index (χ2n) is 9.37. The molecule has 4 N–H and O–H groups in total. The van der Waals surface area contributed by atoms with Crippen LogP contribution in [0.4, 0.5) is 5.95 Å². The summed E-state index contributed by atoms with van der Waals surface area (Å²) in [6.45, 7) is 16.9. The number of nitrogens with zero attached hydrogens (tertiary/aromatic N) is 4. The molecule has 4 rings (SSSR count). The van der Waals surface area contributed by atoms with Crippen LogP contribution in [0.25, 0.3) is 10.8 Å². The van der Waals surface area contributed by atoms with E-state index in [0.717, 1.165) is 39.3 Å². The van der Waals surface area contributed by atoms with Crippen molar-refractivity contribution in [2.75, 3.05) is 44.7 Å². The van der Waals surface area contributed by atoms with Crippen LogP contribution in [0.15, 0.2) is 98.3 Å². The molecule has 9 nitrogen and oxygen atoms in total. The number of anilines is 1. The number of aliphatic hydroxyl groups is 1. The Kier molecular flexibility index (Phi) is 19.3. The van der Waals surface area contributed by atoms with E-state index >= 15 is 0 Å². The van der Waals surface area contributed by atoms with Gasteiger partial charge < -0.3 is 15.3 Å². The molecular weight excluding hydrogens is 552 g/mol. The highest BCUT2D eigenvalue weighted by molar-refractivity contribution is 5.92. The van der Waals surface area contributed by atoms with Gasteiger partial charge in [-0.25, -0.2) is 15.4 Å². The molecule has 3 aromatic carbocycles. The molecule has 0 fully saturated rings. The molecule has 0 saturated heterocycles. The van der Waals surface area contributed by atoms with Gasteiger partial charge in [-0.15, -0.1) is 13.2 Å². The lowest BCUT2D eigenvalue weighted by atomic mass is 10.1. The fraction of sp³-hybridized carbons (Fsp3) is 0.286. The molecule has 0 atom stereocenters. The van der Waals surface area contributed by atoms with Gasteiger partial charge in [0.2, 0.25) is 5.95 Å². The van der Waals surface area contributed by atoms with Crippen molar-refractivity contribution < 1.29 is 15.1 Å². The van der Waals surface area contributed by atoms with Gasteiger partial charge in [0.05, 0.1) is 5.56 Å². The molecule has 0 unspecified atom stereocenters. The summed E-state index contributed by atoms with van der Waals surface area (Å²) in [7, 11) is 1.96. The van der Waals surface area contributed by atoms with Gasteiger partial charge in [0, 0.05) is 58.6 Å². The van der Waals surface area contributed by atoms with Gasteiger partial charge in [0.25, 0.3) is 5.91 Å². The van der Waals surface area contributed by atoms with Crippen LogP contribution < -0.4 is 15.7 Å². The third kappa shape index (κ3) is 13.9. The number of aryl methyl sites for hydroxylation is 1. The van der Waals surface area contributed by atoms with E-state index in [0.29, 0.717) is 5.95 Å². The van der Waals surface area contributed by atoms with Crippen molar-refractivity contribution in [2.45, 2.75) is 27.3 Å². The second kappa shape index (κ2) is 22.8. The van der Waals surface area contributed by atoms with Crippen molar-refractivity contribution in [1.82, 2.24) is 25.7 Å². The van der Waals surface area contributed by atoms with Gasteiger partial charge in [-0.1, -0.05) is 84.3 Å². The van der Waals surface area contributed by atoms with Crippen molar-refractivity contribution in [3.05, 3.63) is 115 Å². The Morgan fingerprint density at radius 3 is 2.11 bits per heavy atom. The average Bonchev–Trinajstić information content (AvgIpc) is 3.09. The lowest BCUT2D eigenvalue weighted by Crippen LogP contribution is -2.38. The van der Waals surface area contributed by atoms with Crippen LogP contribution in [0.1, 0.15) is 35.3 Å². The van der Waals surface area contributed by atoms with E-state index in [-0.39, 0.29) is 5.56 Å². The Bertz CT molecular complexity index is 1400. The zero-order chi connectivity index (χ0) is 32.6. The van der Waals surface area contributed by atoms with E-state index in [1.54, 1.807) is 18.5 Å². The minimum Gasteiger partial charge on any atom is -0.462 e. The number of hydrogen-bond acceptors (Lipinski definition) is 8. The average molecular weight is 599 g/mol. The molecule has 0 aliphatic carbocycles. The van der Waals surface area contributed by atoms with Gasteiger partial charge >= 0.3 is 0 Å². The quantitative estimate of drug-likeness (QED) is 0.0782. The third-order valence-corrected chi connectivity index (χ3v) is 6.30. The van der Waals surface area contributed by atoms with Crippen LogP contribution in [0, 0.1) is 19.0 Å². The van der Waals surface area contributed by atoms with E-state index < -0.39 is 5.91 Å². The first-order valence-corrected chi connectivity index (χ1v) is 14.4. The van der Waals surface area contributed by atoms with Gasteiger partial charge in [0.1, 0.15) is 6.11 Å². The second-order valence-corrected chi connectivity index (χ2v) is 9.37. The summed E-state index contributed by atoms with van der Waals surface area (Å²) in [5.41, 5.74) is 4.41. The molecule has 234 valence electrons. The number of aliphatic hydroxyl groups excluding tert-OH is 1. The van der Waals surface area contributed by atoms with Gasteiger partial charge in [0.15, 0.2) is 0 Å². The number of nitrogens with one attached hydrogen (secondary N) is 2. The maximum Gasteiger partial charge on any atom is 0.277 e. The van der Waals surface area contributed by atoms with Crippen molar-refractivity contribution >= 4 is 22.6 Å². The first kappa shape index (κ1) is 37.3. The van der Waals surface area contributed by atoms with Crippen molar-refractivity contribution in [2.24, 2.45) is 0 Å². The van der Waals surface area contributed by atoms with Crippen LogP contribution >= 0.6 is 0 Å². The molecule has 0 aliphatic heterocycles. The van der Waals surface area contributed by atoms with E-state index in [1.807, 2.05) is 20.0 Å². The molecule has 0 bridgehead atoms. The third-order valence-electron chi connectivity index (χ3n) is 6.30. The highest BCUT2D eigenvalue weighted by Crippen LogP contribution is 2.14. The largest absolute Gasteiger partial charge is 0.462 e. The van der Waals surface area contributed by atoms with Crippen LogP contribution in [0.3, 0.4) is 0 Å². The molecular formula is C35H46N6O3. The number of carbonyl (C=O) groups excluding carboxylic acids is 1. The number of fused-ring (bicyclic) bond motifs is 1. The predicted octanol–water partition coefficient (Wildman–Crippen LogP) is 5.43. The molecule has 0 spiro atoms. The smallest absolute Gasteiger partial charge is 0.277 e. The molecule has 9 heteroatoms. The Morgan fingerprint density at radius 2 is 1.55 bits per heavy atom. The highest BCUT2D eigenvalue weighted by Gasteiger charge is 2.13. The SMILES string of the molecule is C=C.CC#CO.CCN(CCN(CCNC)Cc1ccccc1)c1ncc(C(=O)NO)cn1.Cc1ccc2ccccc2c1. The Morgan fingerprint density at radius 1 is 0.932 bits per heavy atom. The Labute approximate surface area is 262 Å². The number of hydroxylamine groups is 1. The number of likely N-dealkylation sites (N-methyl/N-ethyl adjacent to an activating group) is 2. The van der Waals surface area contributed by atoms with E-state index in [2.05, 4.69) is 118 Å². The summed E-state index contributed by atoms with van der Waals surface area (Å²) in [4.78, 5) is 24.4. The van der Waals surface area contributed by atoms with Gasteiger partial charge in [-0.2, -0.15) is 0 Å². The summed E-state index contributed by atoms with van der Waals surface area (Å²) in [5.74, 6) is 2.19. The normalized spacial score (nSPS) is 9.59. The van der Waals surface area contributed by atoms with Crippen LogP contribution in [-0.2, 0) is 6.54 Å². The summed E-state index contributed by atoms with van der Waals surface area (Å²) >= 11 is 0. The zero-order valence-electron chi connectivity index (χ0n) is 26.3. The van der Waals surface area contributed by atoms with Crippen LogP contribution in [-0.4, -0.2) is 70.9 Å². The van der Waals surface area contributed by atoms with Crippen molar-refractivity contribution in [3.63, 3.8) is 0 Å². The fourth-order valence-corrected chi connectivity index (χ4v) is 4.02. The minimum atomic E-state index is -0.620. The summed E-state index contributed by atoms with van der Waals surface area (Å²) in [6.07, 6.45) is 4.51. The molecule has 1 heterocycles. The van der Waals surface area contributed by atoms with Crippen molar-refractivity contribution in [1.29, 1.82) is 0 Å². The number of amides is 1. The molecule has 4 aromatic rings. The molecule has 1 aromatic heterocycles. The standard InChI is InChI=1S/C19H28N6O2.C11H10.C3H4O.C2H4/c1-3-25(19-21-13-17(14-22-19)18(26)23-27)12-11-24(10-9-20-2)15-16-7-5-4-6-8-16;1-9-6-7-10-4-2-3-5-11(10)8-9;1-2-3-4;1-2/h4-8,13-14,20,27H,3,9-12,15H2,1-2H3,(H,23,26);2-8H,1H3;4H,1H3;1-2H2. The number of benzene rings is 3. The molecule has 1 amide bonds. The van der Waals surface area contributed by atoms with E-state index in [9.17, 15) is 4.79 Å². The predicted molar refractivity (Wildman–Crippen MR) is 180 cm³/mol. The fourth-order valence-electron chi connectivity index (χ4n) is 4.02. The summed E-state index contributed by atoms with van der Waals surface area (Å²) in [5, 5.41) is 22.0. The highest BCUT2D eigenvalue weighted by atomic mass is 16.5. The molecule has 0 saturated carbocycles. The van der Waals surface area contributed by atoms with Gasteiger partial charge in [-0.05, 0) is 37.2 Å². The van der Waals surface area contributed by atoms with Crippen molar-refractivity contribution in [3.8, 4) is 12.0 Å². The Hall–Kier alpha value is -4.75. The lowest BCUT2D eigenvalue weighted by molar-refractivity contribution is 0.0705. The molecule has 0 aliphatic rings. The maximum absolute atomic E-state index is 11.4. The molecule has 0 radical (unpaired) electrons. The van der Waals surface area contributed by atoms with Crippen LogP contribution in [0.5, 0.6) is 0 Å². The molecule has 44 heavy (non-hydrogen) atoms. The van der Waals surface area contributed by atoms with E-state index in [4.69, 9.17) is 10.3 Å². The topological polar surface area (TPSA) is 114 Å². The minimum absolute atomic E-state index is 0.219. The Balaban J connectivity index is 0.000000464. The lowest BCUT2D eigenvalue weighted by Gasteiger charge is -2.27. The zero-order valence-corrected chi connectivity index (χ0v) is 26.3. The summed E-state index contributed by atoms with van der Waals surface area (Å²) < 4.78 is 0. The van der Waals surface area contributed by atoms with Crippen LogP contribution in [0.2, 0.25) is 0 Å². The first-order valence-electron chi connectivity index (χ1n) is 14.4. The number of aromatic nitrogens is 2. The number of carbonyl (C=O) groups is 1. The van der Waals surface area contributed by atoms with E-state index in [1.165, 1.54) is 34.3 Å². The number of rotatable bonds is 11. The van der Waals surface area contributed by atoms with Gasteiger partial charge in [-0.3, -0.25) is 14.9 Å². The maximum atomic E-state index is 11.4.